The Balaban J connectivity index is 2.06. The summed E-state index contributed by atoms with van der Waals surface area (Å²) in [5, 5.41) is 1.19. The molecular weight excluding hydrogens is 252 g/mol. The van der Waals surface area contributed by atoms with E-state index in [0.717, 1.165) is 17.8 Å². The molecule has 1 heterocycles. The second-order valence-electron chi connectivity index (χ2n) is 6.43. The van der Waals surface area contributed by atoms with Crippen molar-refractivity contribution < 1.29 is 4.74 Å². The van der Waals surface area contributed by atoms with E-state index in [-0.39, 0.29) is 0 Å². The van der Waals surface area contributed by atoms with Gasteiger partial charge in [0.15, 0.2) is 0 Å². The van der Waals surface area contributed by atoms with Crippen LogP contribution in [0.2, 0.25) is 25.7 Å². The number of fused-ring (bicyclic) bond motifs is 1. The molecule has 19 heavy (non-hydrogen) atoms. The Morgan fingerprint density at radius 2 is 2.00 bits per heavy atom. The van der Waals surface area contributed by atoms with Gasteiger partial charge < -0.3 is 15.0 Å². The molecule has 2 N–H and O–H groups in total. The number of hydrogen-bond acceptors (Lipinski definition) is 2. The summed E-state index contributed by atoms with van der Waals surface area (Å²) in [6.45, 7) is 10.6. The lowest BCUT2D eigenvalue weighted by Gasteiger charge is -2.16. The molecule has 3 nitrogen and oxygen atoms in total. The van der Waals surface area contributed by atoms with Crippen molar-refractivity contribution in [3.05, 3.63) is 30.0 Å². The molecule has 1 aromatic heterocycles. The maximum Gasteiger partial charge on any atom is 0.122 e. The average molecular weight is 276 g/mol. The zero-order chi connectivity index (χ0) is 14.0. The maximum absolute atomic E-state index is 6.11. The lowest BCUT2D eigenvalue weighted by Crippen LogP contribution is -2.22. The van der Waals surface area contributed by atoms with Crippen molar-refractivity contribution in [2.24, 2.45) is 0 Å². The zero-order valence-electron chi connectivity index (χ0n) is 12.4. The Bertz CT molecular complexity index is 569. The lowest BCUT2D eigenvalue weighted by atomic mass is 10.1. The van der Waals surface area contributed by atoms with E-state index in [1.165, 1.54) is 17.0 Å². The van der Waals surface area contributed by atoms with E-state index >= 15 is 0 Å². The minimum Gasteiger partial charge on any atom is -0.397 e. The first-order valence-corrected chi connectivity index (χ1v) is 10.5. The van der Waals surface area contributed by atoms with Crippen LogP contribution in [0, 0.1) is 6.92 Å². The molecule has 2 rings (SSSR count). The van der Waals surface area contributed by atoms with E-state index in [2.05, 4.69) is 49.5 Å². The molecule has 0 spiro atoms. The number of hydrogen-bond donors (Lipinski definition) is 1. The highest BCUT2D eigenvalue weighted by Crippen LogP contribution is 2.24. The predicted octanol–water partition coefficient (Wildman–Crippen LogP) is 3.84. The molecule has 0 unspecified atom stereocenters. The number of benzene rings is 1. The molecule has 0 aliphatic carbocycles. The van der Waals surface area contributed by atoms with Gasteiger partial charge in [-0.3, -0.25) is 0 Å². The van der Waals surface area contributed by atoms with Crippen LogP contribution in [0.5, 0.6) is 0 Å². The van der Waals surface area contributed by atoms with E-state index in [1.54, 1.807) is 0 Å². The number of nitrogen functional groups attached to an aromatic ring is 1. The first-order chi connectivity index (χ1) is 8.87. The Morgan fingerprint density at radius 3 is 2.68 bits per heavy atom. The van der Waals surface area contributed by atoms with Gasteiger partial charge in [0.25, 0.3) is 0 Å². The van der Waals surface area contributed by atoms with Gasteiger partial charge in [-0.15, -0.1) is 0 Å². The minimum absolute atomic E-state index is 0.585. The fourth-order valence-electron chi connectivity index (χ4n) is 2.19. The van der Waals surface area contributed by atoms with Gasteiger partial charge >= 0.3 is 0 Å². The highest BCUT2D eigenvalue weighted by Gasteiger charge is 2.12. The van der Waals surface area contributed by atoms with Crippen molar-refractivity contribution >= 4 is 24.7 Å². The van der Waals surface area contributed by atoms with Crippen LogP contribution >= 0.6 is 0 Å². The third kappa shape index (κ3) is 3.61. The van der Waals surface area contributed by atoms with Gasteiger partial charge in [-0.05, 0) is 36.7 Å². The van der Waals surface area contributed by atoms with Crippen LogP contribution in [0.15, 0.2) is 24.4 Å². The first-order valence-electron chi connectivity index (χ1n) is 6.79. The van der Waals surface area contributed by atoms with Gasteiger partial charge in [-0.2, -0.15) is 0 Å². The molecule has 2 aromatic rings. The van der Waals surface area contributed by atoms with Gasteiger partial charge in [0.1, 0.15) is 6.73 Å². The summed E-state index contributed by atoms with van der Waals surface area (Å²) in [6.07, 6.45) is 2.05. The van der Waals surface area contributed by atoms with E-state index < -0.39 is 8.07 Å². The normalized spacial score (nSPS) is 12.2. The van der Waals surface area contributed by atoms with Crippen molar-refractivity contribution in [3.63, 3.8) is 0 Å². The van der Waals surface area contributed by atoms with Crippen molar-refractivity contribution in [2.75, 3.05) is 12.3 Å². The summed E-state index contributed by atoms with van der Waals surface area (Å²) in [6, 6.07) is 7.46. The highest BCUT2D eigenvalue weighted by molar-refractivity contribution is 6.76. The fourth-order valence-corrected chi connectivity index (χ4v) is 2.94. The van der Waals surface area contributed by atoms with Crippen molar-refractivity contribution in [1.29, 1.82) is 0 Å². The number of aromatic nitrogens is 1. The lowest BCUT2D eigenvalue weighted by molar-refractivity contribution is 0.0903. The summed E-state index contributed by atoms with van der Waals surface area (Å²) in [4.78, 5) is 0. The SMILES string of the molecule is Cc1cc(N)c2c(ccn2COCC[Si](C)(C)C)c1. The quantitative estimate of drug-likeness (QED) is 0.512. The second-order valence-corrected chi connectivity index (χ2v) is 12.0. The highest BCUT2D eigenvalue weighted by atomic mass is 28.3. The number of rotatable bonds is 5. The van der Waals surface area contributed by atoms with Crippen LogP contribution in [0.4, 0.5) is 5.69 Å². The topological polar surface area (TPSA) is 40.2 Å². The summed E-state index contributed by atoms with van der Waals surface area (Å²) < 4.78 is 7.88. The van der Waals surface area contributed by atoms with Crippen LogP contribution < -0.4 is 5.73 Å². The fraction of sp³-hybridized carbons (Fsp3) is 0.467. The maximum atomic E-state index is 6.11. The largest absolute Gasteiger partial charge is 0.397 e. The molecule has 0 saturated heterocycles. The summed E-state index contributed by atoms with van der Waals surface area (Å²) in [5.74, 6) is 0. The molecule has 104 valence electrons. The van der Waals surface area contributed by atoms with Gasteiger partial charge in [0, 0.05) is 26.3 Å². The molecule has 0 atom stereocenters. The van der Waals surface area contributed by atoms with E-state index in [0.29, 0.717) is 6.73 Å². The number of ether oxygens (including phenoxy) is 1. The molecule has 0 fully saturated rings. The van der Waals surface area contributed by atoms with Gasteiger partial charge in [-0.1, -0.05) is 19.6 Å². The third-order valence-corrected chi connectivity index (χ3v) is 4.97. The number of nitrogens with two attached hydrogens (primary N) is 1. The van der Waals surface area contributed by atoms with Gasteiger partial charge in [0.05, 0.1) is 11.2 Å². The smallest absolute Gasteiger partial charge is 0.122 e. The molecule has 0 amide bonds. The molecule has 0 aliphatic heterocycles. The third-order valence-electron chi connectivity index (χ3n) is 3.26. The van der Waals surface area contributed by atoms with E-state index in [9.17, 15) is 0 Å². The van der Waals surface area contributed by atoms with Gasteiger partial charge in [-0.25, -0.2) is 0 Å². The second kappa shape index (κ2) is 5.39. The molecular formula is C15H24N2OSi. The Hall–Kier alpha value is -1.26. The van der Waals surface area contributed by atoms with Crippen LogP contribution in [0.25, 0.3) is 10.9 Å². The van der Waals surface area contributed by atoms with E-state index in [4.69, 9.17) is 10.5 Å². The Morgan fingerprint density at radius 1 is 1.26 bits per heavy atom. The van der Waals surface area contributed by atoms with Crippen molar-refractivity contribution in [2.45, 2.75) is 39.3 Å². The molecule has 0 saturated carbocycles. The average Bonchev–Trinajstić information content (AvgIpc) is 2.66. The molecule has 4 heteroatoms. The summed E-state index contributed by atoms with van der Waals surface area (Å²) in [7, 11) is -1.01. The molecule has 1 aromatic carbocycles. The Labute approximate surface area is 116 Å². The number of aryl methyl sites for hydroxylation is 1. The van der Waals surface area contributed by atoms with Crippen molar-refractivity contribution in [3.8, 4) is 0 Å². The monoisotopic (exact) mass is 276 g/mol. The summed E-state index contributed by atoms with van der Waals surface area (Å²) >= 11 is 0. The number of nitrogens with zero attached hydrogens (tertiary/aromatic N) is 1. The molecule has 0 bridgehead atoms. The van der Waals surface area contributed by atoms with E-state index in [1.807, 2.05) is 6.07 Å². The molecule has 0 radical (unpaired) electrons. The predicted molar refractivity (Wildman–Crippen MR) is 85.2 cm³/mol. The van der Waals surface area contributed by atoms with Crippen LogP contribution in [0.3, 0.4) is 0 Å². The van der Waals surface area contributed by atoms with Crippen LogP contribution in [-0.4, -0.2) is 19.2 Å². The zero-order valence-corrected chi connectivity index (χ0v) is 13.4. The minimum atomic E-state index is -1.01. The van der Waals surface area contributed by atoms with Crippen molar-refractivity contribution in [1.82, 2.24) is 4.57 Å². The Kier molecular flexibility index (Phi) is 4.01. The van der Waals surface area contributed by atoms with Gasteiger partial charge in [0.2, 0.25) is 0 Å². The van der Waals surface area contributed by atoms with Crippen LogP contribution in [-0.2, 0) is 11.5 Å². The standard InChI is InChI=1S/C15H24N2OSi/c1-12-9-13-5-6-17(15(13)14(16)10-12)11-18-7-8-19(2,3)4/h5-6,9-10H,7-8,11,16H2,1-4H3. The number of anilines is 1. The van der Waals surface area contributed by atoms with Crippen LogP contribution in [0.1, 0.15) is 5.56 Å². The molecule has 0 aliphatic rings. The summed E-state index contributed by atoms with van der Waals surface area (Å²) in [5.41, 5.74) is 9.21. The first kappa shape index (κ1) is 14.2.